The fourth-order valence-electron chi connectivity index (χ4n) is 2.92. The molecule has 0 aliphatic carbocycles. The lowest BCUT2D eigenvalue weighted by Gasteiger charge is -2.15. The Hall–Kier alpha value is -2.80. The van der Waals surface area contributed by atoms with E-state index in [9.17, 15) is 4.79 Å². The van der Waals surface area contributed by atoms with E-state index in [1.165, 1.54) is 11.8 Å². The highest BCUT2D eigenvalue weighted by atomic mass is 32.2. The van der Waals surface area contributed by atoms with Gasteiger partial charge in [-0.25, -0.2) is 0 Å². The predicted octanol–water partition coefficient (Wildman–Crippen LogP) is 4.61. The van der Waals surface area contributed by atoms with Gasteiger partial charge in [-0.2, -0.15) is 0 Å². The number of anilines is 1. The standard InChI is InChI=1S/C22H26N4O2S/c1-14-10-11-15(2)18(12-14)23-20(27)13-29-22-25-24-21(26(22)5)17(4)28-19-9-7-6-8-16(19)3/h6-12,17H,13H2,1-5H3,(H,23,27). The average molecular weight is 411 g/mol. The van der Waals surface area contributed by atoms with Gasteiger partial charge in [-0.3, -0.25) is 4.79 Å². The molecule has 29 heavy (non-hydrogen) atoms. The smallest absolute Gasteiger partial charge is 0.234 e. The highest BCUT2D eigenvalue weighted by molar-refractivity contribution is 7.99. The van der Waals surface area contributed by atoms with Crippen molar-refractivity contribution < 1.29 is 9.53 Å². The third-order valence-electron chi connectivity index (χ3n) is 4.63. The van der Waals surface area contributed by atoms with E-state index < -0.39 is 0 Å². The van der Waals surface area contributed by atoms with Crippen molar-refractivity contribution in [1.82, 2.24) is 14.8 Å². The maximum Gasteiger partial charge on any atom is 0.234 e. The quantitative estimate of drug-likeness (QED) is 0.576. The molecule has 1 atom stereocenters. The first-order valence-electron chi connectivity index (χ1n) is 9.46. The monoisotopic (exact) mass is 410 g/mol. The van der Waals surface area contributed by atoms with Crippen LogP contribution in [0.4, 0.5) is 5.69 Å². The van der Waals surface area contributed by atoms with Gasteiger partial charge in [0.1, 0.15) is 5.75 Å². The van der Waals surface area contributed by atoms with E-state index in [0.29, 0.717) is 11.0 Å². The second-order valence-corrected chi connectivity index (χ2v) is 8.02. The SMILES string of the molecule is Cc1ccc(C)c(NC(=O)CSc2nnc(C(C)Oc3ccccc3C)n2C)c1. The lowest BCUT2D eigenvalue weighted by molar-refractivity contribution is -0.113. The molecule has 7 heteroatoms. The number of rotatable bonds is 7. The van der Waals surface area contributed by atoms with Crippen molar-refractivity contribution in [3.05, 3.63) is 65.0 Å². The fraction of sp³-hybridized carbons (Fsp3) is 0.318. The van der Waals surface area contributed by atoms with Crippen molar-refractivity contribution in [1.29, 1.82) is 0 Å². The van der Waals surface area contributed by atoms with Crippen LogP contribution in [0.1, 0.15) is 35.5 Å². The molecule has 1 heterocycles. The first-order valence-corrected chi connectivity index (χ1v) is 10.4. The summed E-state index contributed by atoms with van der Waals surface area (Å²) >= 11 is 1.35. The number of ether oxygens (including phenoxy) is 1. The predicted molar refractivity (Wildman–Crippen MR) is 116 cm³/mol. The highest BCUT2D eigenvalue weighted by Gasteiger charge is 2.18. The van der Waals surface area contributed by atoms with Gasteiger partial charge in [-0.1, -0.05) is 42.1 Å². The average Bonchev–Trinajstić information content (AvgIpc) is 3.05. The largest absolute Gasteiger partial charge is 0.482 e. The number of benzene rings is 2. The molecule has 0 fully saturated rings. The summed E-state index contributed by atoms with van der Waals surface area (Å²) in [7, 11) is 1.89. The number of thioether (sulfide) groups is 1. The summed E-state index contributed by atoms with van der Waals surface area (Å²) in [5.74, 6) is 1.72. The van der Waals surface area contributed by atoms with Gasteiger partial charge in [-0.15, -0.1) is 10.2 Å². The fourth-order valence-corrected chi connectivity index (χ4v) is 3.64. The molecule has 2 aromatic carbocycles. The second kappa shape index (κ2) is 9.13. The van der Waals surface area contributed by atoms with Crippen LogP contribution in [-0.4, -0.2) is 26.4 Å². The molecule has 3 aromatic rings. The van der Waals surface area contributed by atoms with Gasteiger partial charge in [0.15, 0.2) is 17.1 Å². The highest BCUT2D eigenvalue weighted by Crippen LogP contribution is 2.26. The molecule has 0 spiro atoms. The summed E-state index contributed by atoms with van der Waals surface area (Å²) in [6.07, 6.45) is -0.258. The van der Waals surface area contributed by atoms with Gasteiger partial charge in [-0.05, 0) is 56.5 Å². The first kappa shape index (κ1) is 20.9. The van der Waals surface area contributed by atoms with Crippen molar-refractivity contribution in [3.8, 4) is 5.75 Å². The molecular weight excluding hydrogens is 384 g/mol. The molecule has 0 bridgehead atoms. The van der Waals surface area contributed by atoms with Gasteiger partial charge in [0.05, 0.1) is 5.75 Å². The number of carbonyl (C=O) groups is 1. The molecule has 1 unspecified atom stereocenters. The normalized spacial score (nSPS) is 11.9. The molecule has 0 aliphatic heterocycles. The Bertz CT molecular complexity index is 1020. The van der Waals surface area contributed by atoms with Crippen LogP contribution >= 0.6 is 11.8 Å². The Kier molecular flexibility index (Phi) is 6.59. The van der Waals surface area contributed by atoms with Crippen LogP contribution < -0.4 is 10.1 Å². The first-order chi connectivity index (χ1) is 13.8. The van der Waals surface area contributed by atoms with E-state index >= 15 is 0 Å². The summed E-state index contributed by atoms with van der Waals surface area (Å²) in [6, 6.07) is 13.9. The van der Waals surface area contributed by atoms with Crippen molar-refractivity contribution in [2.45, 2.75) is 39.0 Å². The minimum atomic E-state index is -0.258. The van der Waals surface area contributed by atoms with Crippen molar-refractivity contribution in [2.75, 3.05) is 11.1 Å². The third-order valence-corrected chi connectivity index (χ3v) is 5.65. The minimum Gasteiger partial charge on any atom is -0.482 e. The van der Waals surface area contributed by atoms with Gasteiger partial charge in [0, 0.05) is 12.7 Å². The Morgan fingerprint density at radius 2 is 1.90 bits per heavy atom. The molecule has 1 N–H and O–H groups in total. The van der Waals surface area contributed by atoms with Crippen molar-refractivity contribution in [3.63, 3.8) is 0 Å². The number of nitrogens with one attached hydrogen (secondary N) is 1. The summed E-state index contributed by atoms with van der Waals surface area (Å²) in [5.41, 5.74) is 4.06. The molecular formula is C22H26N4O2S. The Labute approximate surface area is 175 Å². The van der Waals surface area contributed by atoms with Gasteiger partial charge in [0.25, 0.3) is 0 Å². The lowest BCUT2D eigenvalue weighted by Crippen LogP contribution is -2.15. The van der Waals surface area contributed by atoms with Crippen LogP contribution in [0.5, 0.6) is 5.75 Å². The van der Waals surface area contributed by atoms with E-state index in [1.807, 2.05) is 81.8 Å². The zero-order chi connectivity index (χ0) is 21.0. The summed E-state index contributed by atoms with van der Waals surface area (Å²) in [6.45, 7) is 7.94. The van der Waals surface area contributed by atoms with Gasteiger partial charge >= 0.3 is 0 Å². The molecule has 0 aliphatic rings. The zero-order valence-corrected chi connectivity index (χ0v) is 18.2. The number of hydrogen-bond acceptors (Lipinski definition) is 5. The topological polar surface area (TPSA) is 69.0 Å². The minimum absolute atomic E-state index is 0.0718. The van der Waals surface area contributed by atoms with Crippen LogP contribution in [0.25, 0.3) is 0 Å². The summed E-state index contributed by atoms with van der Waals surface area (Å²) < 4.78 is 7.92. The third kappa shape index (κ3) is 5.17. The summed E-state index contributed by atoms with van der Waals surface area (Å²) in [4.78, 5) is 12.4. The number of amides is 1. The number of aromatic nitrogens is 3. The number of para-hydroxylation sites is 1. The van der Waals surface area contributed by atoms with Gasteiger partial charge in [0.2, 0.25) is 5.91 Å². The molecule has 0 saturated heterocycles. The van der Waals surface area contributed by atoms with E-state index in [1.54, 1.807) is 0 Å². The van der Waals surface area contributed by atoms with Crippen LogP contribution in [0.2, 0.25) is 0 Å². The Balaban J connectivity index is 1.61. The second-order valence-electron chi connectivity index (χ2n) is 7.08. The molecule has 1 aromatic heterocycles. The van der Waals surface area contributed by atoms with E-state index in [2.05, 4.69) is 15.5 Å². The number of nitrogens with zero attached hydrogens (tertiary/aromatic N) is 3. The van der Waals surface area contributed by atoms with Gasteiger partial charge < -0.3 is 14.6 Å². The van der Waals surface area contributed by atoms with E-state index in [4.69, 9.17) is 4.74 Å². The Morgan fingerprint density at radius 3 is 2.66 bits per heavy atom. The maximum atomic E-state index is 12.4. The van der Waals surface area contributed by atoms with Crippen molar-refractivity contribution >= 4 is 23.4 Å². The Morgan fingerprint density at radius 1 is 1.14 bits per heavy atom. The maximum absolute atomic E-state index is 12.4. The molecule has 1 amide bonds. The zero-order valence-electron chi connectivity index (χ0n) is 17.4. The molecule has 3 rings (SSSR count). The summed E-state index contributed by atoms with van der Waals surface area (Å²) in [5, 5.41) is 12.1. The lowest BCUT2D eigenvalue weighted by atomic mass is 10.1. The van der Waals surface area contributed by atoms with Crippen LogP contribution in [0, 0.1) is 20.8 Å². The molecule has 0 radical (unpaired) electrons. The van der Waals surface area contributed by atoms with E-state index in [-0.39, 0.29) is 17.8 Å². The molecule has 0 saturated carbocycles. The molecule has 6 nitrogen and oxygen atoms in total. The number of aryl methyl sites for hydroxylation is 3. The van der Waals surface area contributed by atoms with E-state index in [0.717, 1.165) is 28.1 Å². The number of hydrogen-bond donors (Lipinski definition) is 1. The van der Waals surface area contributed by atoms with Crippen LogP contribution in [0.3, 0.4) is 0 Å². The number of carbonyl (C=O) groups excluding carboxylic acids is 1. The van der Waals surface area contributed by atoms with Crippen LogP contribution in [0.15, 0.2) is 47.6 Å². The van der Waals surface area contributed by atoms with Crippen molar-refractivity contribution in [2.24, 2.45) is 7.05 Å². The van der Waals surface area contributed by atoms with Crippen LogP contribution in [-0.2, 0) is 11.8 Å². The molecule has 152 valence electrons.